The van der Waals surface area contributed by atoms with Crippen molar-refractivity contribution in [2.24, 2.45) is 5.14 Å². The molecule has 0 aliphatic rings. The summed E-state index contributed by atoms with van der Waals surface area (Å²) in [5.41, 5.74) is 0.0279. The van der Waals surface area contributed by atoms with Crippen LogP contribution in [0.2, 0.25) is 0 Å². The minimum absolute atomic E-state index is 0.0279. The van der Waals surface area contributed by atoms with Gasteiger partial charge in [-0.05, 0) is 12.1 Å². The molecule has 1 aromatic carbocycles. The highest BCUT2D eigenvalue weighted by Gasteiger charge is 2.17. The van der Waals surface area contributed by atoms with Crippen LogP contribution in [0, 0.1) is 0 Å². The highest BCUT2D eigenvalue weighted by molar-refractivity contribution is 7.89. The molecule has 8 heteroatoms. The number of nitrogens with two attached hydrogens (primary N) is 1. The van der Waals surface area contributed by atoms with Gasteiger partial charge in [0, 0.05) is 6.07 Å². The first-order valence-electron chi connectivity index (χ1n) is 4.44. The molecule has 1 aromatic rings. The molecule has 0 saturated carbocycles. The Hall–Kier alpha value is -1.80. The Bertz CT molecular complexity index is 526. The van der Waals surface area contributed by atoms with Crippen LogP contribution in [0.1, 0.15) is 0 Å². The van der Waals surface area contributed by atoms with Crippen molar-refractivity contribution in [2.75, 3.05) is 19.5 Å². The second-order valence-corrected chi connectivity index (χ2v) is 4.55. The number of carbonyl (C=O) groups is 1. The van der Waals surface area contributed by atoms with E-state index in [4.69, 9.17) is 9.88 Å². The minimum Gasteiger partial charge on any atom is -0.497 e. The van der Waals surface area contributed by atoms with Crippen molar-refractivity contribution in [3.05, 3.63) is 18.2 Å². The van der Waals surface area contributed by atoms with Crippen LogP contribution in [-0.2, 0) is 14.8 Å². The SMILES string of the molecule is COC(=O)Nc1ccc(OC)cc1S(N)(=O)=O. The Morgan fingerprint density at radius 2 is 2.00 bits per heavy atom. The van der Waals surface area contributed by atoms with Gasteiger partial charge in [-0.2, -0.15) is 0 Å². The molecule has 7 nitrogen and oxygen atoms in total. The Morgan fingerprint density at radius 1 is 1.35 bits per heavy atom. The zero-order valence-corrected chi connectivity index (χ0v) is 10.1. The maximum Gasteiger partial charge on any atom is 0.411 e. The predicted octanol–water partition coefficient (Wildman–Crippen LogP) is 0.521. The van der Waals surface area contributed by atoms with Gasteiger partial charge >= 0.3 is 6.09 Å². The third-order valence-electron chi connectivity index (χ3n) is 1.92. The highest BCUT2D eigenvalue weighted by atomic mass is 32.2. The van der Waals surface area contributed by atoms with E-state index in [1.54, 1.807) is 0 Å². The topological polar surface area (TPSA) is 108 Å². The zero-order chi connectivity index (χ0) is 13.1. The Labute approximate surface area is 98.6 Å². The third-order valence-corrected chi connectivity index (χ3v) is 2.87. The first-order chi connectivity index (χ1) is 7.88. The van der Waals surface area contributed by atoms with E-state index < -0.39 is 16.1 Å². The smallest absolute Gasteiger partial charge is 0.411 e. The number of ether oxygens (including phenoxy) is 2. The summed E-state index contributed by atoms with van der Waals surface area (Å²) in [5, 5.41) is 7.27. The number of hydrogen-bond acceptors (Lipinski definition) is 5. The molecular weight excluding hydrogens is 248 g/mol. The molecule has 0 saturated heterocycles. The van der Waals surface area contributed by atoms with E-state index in [-0.39, 0.29) is 10.6 Å². The van der Waals surface area contributed by atoms with Crippen LogP contribution in [0.15, 0.2) is 23.1 Å². The van der Waals surface area contributed by atoms with Gasteiger partial charge in [0.15, 0.2) is 0 Å². The van der Waals surface area contributed by atoms with Gasteiger partial charge in [-0.15, -0.1) is 0 Å². The minimum atomic E-state index is -3.97. The maximum atomic E-state index is 11.3. The van der Waals surface area contributed by atoms with Crippen molar-refractivity contribution in [1.82, 2.24) is 0 Å². The van der Waals surface area contributed by atoms with Gasteiger partial charge in [-0.25, -0.2) is 18.4 Å². The summed E-state index contributed by atoms with van der Waals surface area (Å²) in [5.74, 6) is 0.310. The molecule has 0 radical (unpaired) electrons. The largest absolute Gasteiger partial charge is 0.497 e. The standard InChI is InChI=1S/C9H12N2O5S/c1-15-6-3-4-7(11-9(12)16-2)8(5-6)17(10,13)14/h3-5H,1-2H3,(H,11,12)(H2,10,13,14). The molecule has 1 amide bonds. The van der Waals surface area contributed by atoms with E-state index in [1.165, 1.54) is 25.3 Å². The fourth-order valence-electron chi connectivity index (χ4n) is 1.13. The number of primary sulfonamides is 1. The number of amides is 1. The number of hydrogen-bond donors (Lipinski definition) is 2. The van der Waals surface area contributed by atoms with Crippen LogP contribution in [0.4, 0.5) is 10.5 Å². The van der Waals surface area contributed by atoms with Crippen molar-refractivity contribution in [3.8, 4) is 5.75 Å². The van der Waals surface area contributed by atoms with Crippen molar-refractivity contribution >= 4 is 21.8 Å². The molecule has 0 aromatic heterocycles. The van der Waals surface area contributed by atoms with E-state index in [9.17, 15) is 13.2 Å². The zero-order valence-electron chi connectivity index (χ0n) is 9.26. The molecular formula is C9H12N2O5S. The van der Waals surface area contributed by atoms with Crippen LogP contribution in [0.25, 0.3) is 0 Å². The highest BCUT2D eigenvalue weighted by Crippen LogP contribution is 2.25. The van der Waals surface area contributed by atoms with Gasteiger partial charge in [-0.1, -0.05) is 0 Å². The van der Waals surface area contributed by atoms with E-state index in [1.807, 2.05) is 0 Å². The second-order valence-electron chi connectivity index (χ2n) is 3.02. The first kappa shape index (κ1) is 13.3. The van der Waals surface area contributed by atoms with Crippen LogP contribution >= 0.6 is 0 Å². The van der Waals surface area contributed by atoms with E-state index in [0.717, 1.165) is 7.11 Å². The summed E-state index contributed by atoms with van der Waals surface area (Å²) in [7, 11) is -1.42. The molecule has 3 N–H and O–H groups in total. The maximum absolute atomic E-state index is 11.3. The molecule has 0 spiro atoms. The average Bonchev–Trinajstić information content (AvgIpc) is 2.28. The number of sulfonamides is 1. The molecule has 94 valence electrons. The van der Waals surface area contributed by atoms with Crippen LogP contribution in [-0.4, -0.2) is 28.7 Å². The van der Waals surface area contributed by atoms with Crippen molar-refractivity contribution in [1.29, 1.82) is 0 Å². The number of carbonyl (C=O) groups excluding carboxylic acids is 1. The summed E-state index contributed by atoms with van der Waals surface area (Å²) in [4.78, 5) is 10.8. The molecule has 0 aliphatic carbocycles. The van der Waals surface area contributed by atoms with Gasteiger partial charge in [-0.3, -0.25) is 5.32 Å². The monoisotopic (exact) mass is 260 g/mol. The van der Waals surface area contributed by atoms with Gasteiger partial charge < -0.3 is 9.47 Å². The quantitative estimate of drug-likeness (QED) is 0.823. The lowest BCUT2D eigenvalue weighted by Crippen LogP contribution is -2.18. The normalized spacial score (nSPS) is 10.8. The van der Waals surface area contributed by atoms with Crippen molar-refractivity contribution in [3.63, 3.8) is 0 Å². The van der Waals surface area contributed by atoms with Gasteiger partial charge in [0.05, 0.1) is 19.9 Å². The third kappa shape index (κ3) is 3.33. The van der Waals surface area contributed by atoms with Crippen molar-refractivity contribution in [2.45, 2.75) is 4.90 Å². The Morgan fingerprint density at radius 3 is 2.47 bits per heavy atom. The summed E-state index contributed by atoms with van der Waals surface area (Å²) < 4.78 is 31.9. The lowest BCUT2D eigenvalue weighted by Gasteiger charge is -2.10. The molecule has 0 aliphatic heterocycles. The van der Waals surface area contributed by atoms with E-state index >= 15 is 0 Å². The number of rotatable bonds is 3. The number of anilines is 1. The molecule has 0 atom stereocenters. The Kier molecular flexibility index (Phi) is 3.92. The van der Waals surface area contributed by atoms with Crippen molar-refractivity contribution < 1.29 is 22.7 Å². The van der Waals surface area contributed by atoms with E-state index in [2.05, 4.69) is 10.1 Å². The number of methoxy groups -OCH3 is 2. The molecule has 1 rings (SSSR count). The fourth-order valence-corrected chi connectivity index (χ4v) is 1.84. The summed E-state index contributed by atoms with van der Waals surface area (Å²) in [6, 6.07) is 4.05. The van der Waals surface area contributed by atoms with Crippen LogP contribution < -0.4 is 15.2 Å². The number of nitrogens with one attached hydrogen (secondary N) is 1. The van der Waals surface area contributed by atoms with Crippen LogP contribution in [0.5, 0.6) is 5.75 Å². The second kappa shape index (κ2) is 5.02. The Balaban J connectivity index is 3.25. The predicted molar refractivity (Wildman–Crippen MR) is 60.4 cm³/mol. The molecule has 0 heterocycles. The summed E-state index contributed by atoms with van der Waals surface area (Å²) in [6.45, 7) is 0. The molecule has 0 fully saturated rings. The van der Waals surface area contributed by atoms with Gasteiger partial charge in [0.25, 0.3) is 0 Å². The fraction of sp³-hybridized carbons (Fsp3) is 0.222. The summed E-state index contributed by atoms with van der Waals surface area (Å²) >= 11 is 0. The average molecular weight is 260 g/mol. The van der Waals surface area contributed by atoms with Gasteiger partial charge in [0.1, 0.15) is 10.6 Å². The first-order valence-corrected chi connectivity index (χ1v) is 5.99. The van der Waals surface area contributed by atoms with Gasteiger partial charge in [0.2, 0.25) is 10.0 Å². The van der Waals surface area contributed by atoms with Crippen LogP contribution in [0.3, 0.4) is 0 Å². The van der Waals surface area contributed by atoms with E-state index in [0.29, 0.717) is 5.75 Å². The molecule has 0 bridgehead atoms. The number of benzene rings is 1. The lowest BCUT2D eigenvalue weighted by atomic mass is 10.3. The summed E-state index contributed by atoms with van der Waals surface area (Å²) in [6.07, 6.45) is -0.792. The lowest BCUT2D eigenvalue weighted by molar-refractivity contribution is 0.187. The molecule has 0 unspecified atom stereocenters. The molecule has 17 heavy (non-hydrogen) atoms.